The summed E-state index contributed by atoms with van der Waals surface area (Å²) >= 11 is 0. The lowest BCUT2D eigenvalue weighted by Crippen LogP contribution is -2.63. The minimum atomic E-state index is -3.11. The van der Waals surface area contributed by atoms with Crippen LogP contribution >= 0.6 is 0 Å². The van der Waals surface area contributed by atoms with Gasteiger partial charge in [-0.3, -0.25) is 4.79 Å². The molecule has 0 aromatic carbocycles. The third kappa shape index (κ3) is 3.92. The Morgan fingerprint density at radius 2 is 1.85 bits per heavy atom. The molecule has 1 aromatic heterocycles. The van der Waals surface area contributed by atoms with E-state index in [4.69, 9.17) is 9.72 Å². The van der Waals surface area contributed by atoms with Crippen LogP contribution in [0.1, 0.15) is 86.2 Å². The maximum atomic E-state index is 13.6. The highest BCUT2D eigenvalue weighted by molar-refractivity contribution is 7.92. The Morgan fingerprint density at radius 3 is 2.50 bits per heavy atom. The summed E-state index contributed by atoms with van der Waals surface area (Å²) in [5, 5.41) is 6.73. The van der Waals surface area contributed by atoms with Crippen molar-refractivity contribution in [1.29, 1.82) is 0 Å². The van der Waals surface area contributed by atoms with Crippen molar-refractivity contribution in [3.63, 3.8) is 0 Å². The van der Waals surface area contributed by atoms with E-state index >= 15 is 0 Å². The third-order valence-corrected chi connectivity index (χ3v) is 11.4. The van der Waals surface area contributed by atoms with Crippen LogP contribution in [0.5, 0.6) is 0 Å². The van der Waals surface area contributed by atoms with Crippen molar-refractivity contribution in [3.05, 3.63) is 17.5 Å². The molecule has 2 unspecified atom stereocenters. The van der Waals surface area contributed by atoms with Crippen LogP contribution in [0.2, 0.25) is 0 Å². The maximum Gasteiger partial charge on any atom is 0.254 e. The standard InChI is InChI=1S/C25H36N4O4S/c1-34(31,32)25-10-15-8-17(11-25)21(18(9-15)12-25)28-23(30)20-13-26-24(27-19-6-7-33-14-19)29-22(20)16-4-2-3-5-16/h13,15-19,21H,2-12,14H2,1H3,(H,28,30)(H,26,27,29)/t15?,17?,18?,19-,21?,25?/m0/s1. The fourth-order valence-electron chi connectivity index (χ4n) is 7.85. The highest BCUT2D eigenvalue weighted by atomic mass is 32.2. The van der Waals surface area contributed by atoms with Gasteiger partial charge in [-0.1, -0.05) is 12.8 Å². The smallest absolute Gasteiger partial charge is 0.254 e. The van der Waals surface area contributed by atoms with Crippen molar-refractivity contribution in [3.8, 4) is 0 Å². The average Bonchev–Trinajstić information content (AvgIpc) is 3.49. The van der Waals surface area contributed by atoms with E-state index in [1.165, 1.54) is 6.26 Å². The van der Waals surface area contributed by atoms with Crippen LogP contribution in [0, 0.1) is 17.8 Å². The predicted molar refractivity (Wildman–Crippen MR) is 128 cm³/mol. The zero-order valence-corrected chi connectivity index (χ0v) is 20.8. The lowest BCUT2D eigenvalue weighted by atomic mass is 9.53. The summed E-state index contributed by atoms with van der Waals surface area (Å²) in [6, 6.07) is 0.259. The molecule has 2 N–H and O–H groups in total. The molecule has 1 aliphatic heterocycles. The van der Waals surface area contributed by atoms with Crippen molar-refractivity contribution in [2.45, 2.75) is 87.0 Å². The van der Waals surface area contributed by atoms with Gasteiger partial charge in [0.2, 0.25) is 5.95 Å². The number of ether oxygens (including phenoxy) is 1. The largest absolute Gasteiger partial charge is 0.379 e. The molecule has 4 bridgehead atoms. The van der Waals surface area contributed by atoms with Gasteiger partial charge in [-0.05, 0) is 69.1 Å². The number of sulfone groups is 1. The first-order valence-corrected chi connectivity index (χ1v) is 14.9. The summed E-state index contributed by atoms with van der Waals surface area (Å²) in [5.41, 5.74) is 1.45. The minimum Gasteiger partial charge on any atom is -0.379 e. The lowest BCUT2D eigenvalue weighted by molar-refractivity contribution is 0.000240. The Hall–Kier alpha value is -1.74. The Morgan fingerprint density at radius 1 is 1.12 bits per heavy atom. The average molecular weight is 489 g/mol. The number of aromatic nitrogens is 2. The van der Waals surface area contributed by atoms with Crippen molar-refractivity contribution < 1.29 is 17.9 Å². The SMILES string of the molecule is CS(=O)(=O)C12CC3CC(C1)C(NC(=O)c1cnc(N[C@H]4CCOC4)nc1C1CCCC1)C(C3)C2. The number of hydrogen-bond donors (Lipinski definition) is 2. The second kappa shape index (κ2) is 8.43. The number of carbonyl (C=O) groups excluding carboxylic acids is 1. The van der Waals surface area contributed by atoms with Crippen molar-refractivity contribution >= 4 is 21.7 Å². The van der Waals surface area contributed by atoms with Gasteiger partial charge in [0.15, 0.2) is 9.84 Å². The van der Waals surface area contributed by atoms with Gasteiger partial charge in [-0.2, -0.15) is 0 Å². The number of amides is 1. The number of nitrogens with one attached hydrogen (secondary N) is 2. The molecule has 9 heteroatoms. The van der Waals surface area contributed by atoms with Crippen LogP contribution in [0.4, 0.5) is 5.95 Å². The lowest BCUT2D eigenvalue weighted by Gasteiger charge is -2.59. The van der Waals surface area contributed by atoms with Crippen LogP contribution in [0.3, 0.4) is 0 Å². The van der Waals surface area contributed by atoms with Crippen molar-refractivity contribution in [1.82, 2.24) is 15.3 Å². The van der Waals surface area contributed by atoms with Gasteiger partial charge in [0.25, 0.3) is 5.91 Å². The summed E-state index contributed by atoms with van der Waals surface area (Å²) in [7, 11) is -3.11. The van der Waals surface area contributed by atoms with E-state index in [0.29, 0.717) is 36.9 Å². The monoisotopic (exact) mass is 488 g/mol. The van der Waals surface area contributed by atoms with E-state index in [1.807, 2.05) is 0 Å². The maximum absolute atomic E-state index is 13.6. The first-order chi connectivity index (χ1) is 16.3. The van der Waals surface area contributed by atoms with Gasteiger partial charge in [-0.15, -0.1) is 0 Å². The molecule has 1 amide bonds. The molecule has 3 atom stereocenters. The summed E-state index contributed by atoms with van der Waals surface area (Å²) in [6.45, 7) is 1.41. The molecule has 186 valence electrons. The molecule has 2 heterocycles. The van der Waals surface area contributed by atoms with Crippen LogP contribution in [0.15, 0.2) is 6.20 Å². The van der Waals surface area contributed by atoms with E-state index in [-0.39, 0.29) is 35.7 Å². The molecule has 6 fully saturated rings. The van der Waals surface area contributed by atoms with Gasteiger partial charge in [0.1, 0.15) is 0 Å². The fraction of sp³-hybridized carbons (Fsp3) is 0.800. The fourth-order valence-corrected chi connectivity index (χ4v) is 9.42. The molecule has 5 aliphatic carbocycles. The first-order valence-electron chi connectivity index (χ1n) is 13.0. The van der Waals surface area contributed by atoms with E-state index in [0.717, 1.165) is 63.7 Å². The zero-order valence-electron chi connectivity index (χ0n) is 20.0. The molecule has 6 aliphatic rings. The molecular weight excluding hydrogens is 452 g/mol. The van der Waals surface area contributed by atoms with Crippen LogP contribution in [-0.4, -0.2) is 60.6 Å². The van der Waals surface area contributed by atoms with Crippen LogP contribution in [0.25, 0.3) is 0 Å². The van der Waals surface area contributed by atoms with Gasteiger partial charge in [0.05, 0.1) is 28.7 Å². The van der Waals surface area contributed by atoms with Gasteiger partial charge < -0.3 is 15.4 Å². The van der Waals surface area contributed by atoms with E-state index < -0.39 is 14.6 Å². The molecule has 34 heavy (non-hydrogen) atoms. The summed E-state index contributed by atoms with van der Waals surface area (Å²) in [6.07, 6.45) is 12.7. The number of hydrogen-bond acceptors (Lipinski definition) is 7. The number of anilines is 1. The van der Waals surface area contributed by atoms with Gasteiger partial charge >= 0.3 is 0 Å². The minimum absolute atomic E-state index is 0.0452. The summed E-state index contributed by atoms with van der Waals surface area (Å²) < 4.78 is 30.2. The molecule has 1 saturated heterocycles. The van der Waals surface area contributed by atoms with Crippen molar-refractivity contribution in [2.75, 3.05) is 24.8 Å². The molecule has 1 aromatic rings. The summed E-state index contributed by atoms with van der Waals surface area (Å²) in [5.74, 6) is 1.73. The zero-order chi connectivity index (χ0) is 23.5. The quantitative estimate of drug-likeness (QED) is 0.633. The van der Waals surface area contributed by atoms with Crippen LogP contribution < -0.4 is 10.6 Å². The van der Waals surface area contributed by atoms with E-state index in [1.54, 1.807) is 6.20 Å². The van der Waals surface area contributed by atoms with Gasteiger partial charge in [0, 0.05) is 31.0 Å². The van der Waals surface area contributed by atoms with E-state index in [2.05, 4.69) is 15.6 Å². The highest BCUT2D eigenvalue weighted by Gasteiger charge is 2.59. The molecule has 8 nitrogen and oxygen atoms in total. The topological polar surface area (TPSA) is 110 Å². The molecule has 0 spiro atoms. The highest BCUT2D eigenvalue weighted by Crippen LogP contribution is 2.58. The molecule has 5 saturated carbocycles. The number of carbonyl (C=O) groups is 1. The third-order valence-electron chi connectivity index (χ3n) is 9.37. The summed E-state index contributed by atoms with van der Waals surface area (Å²) in [4.78, 5) is 23.0. The van der Waals surface area contributed by atoms with Crippen LogP contribution in [-0.2, 0) is 14.6 Å². The second-order valence-corrected chi connectivity index (χ2v) is 14.0. The Kier molecular flexibility index (Phi) is 5.63. The number of rotatable bonds is 6. The first kappa shape index (κ1) is 22.7. The Labute approximate surface area is 202 Å². The molecular formula is C25H36N4O4S. The Balaban J connectivity index is 1.23. The molecule has 7 rings (SSSR count). The van der Waals surface area contributed by atoms with Crippen molar-refractivity contribution in [2.24, 2.45) is 17.8 Å². The molecule has 0 radical (unpaired) electrons. The second-order valence-electron chi connectivity index (χ2n) is 11.6. The van der Waals surface area contributed by atoms with E-state index in [9.17, 15) is 13.2 Å². The predicted octanol–water partition coefficient (Wildman–Crippen LogP) is 3.06. The Bertz CT molecular complexity index is 1050. The van der Waals surface area contributed by atoms with Gasteiger partial charge in [-0.25, -0.2) is 18.4 Å². The number of nitrogens with zero attached hydrogens (tertiary/aromatic N) is 2. The normalized spacial score (nSPS) is 37.3.